The first-order chi connectivity index (χ1) is 8.32. The van der Waals surface area contributed by atoms with Crippen LogP contribution in [0.15, 0.2) is 0 Å². The number of aliphatic carboxylic acids is 2. The molecule has 0 spiro atoms. The van der Waals surface area contributed by atoms with Crippen LogP contribution in [0.2, 0.25) is 0 Å². The Morgan fingerprint density at radius 1 is 1.00 bits per heavy atom. The Kier molecular flexibility index (Phi) is 7.05. The topological polar surface area (TPSA) is 153 Å². The molecule has 0 aromatic heterocycles. The van der Waals surface area contributed by atoms with Gasteiger partial charge in [0.05, 0.1) is 19.3 Å². The van der Waals surface area contributed by atoms with Crippen LogP contribution in [-0.2, 0) is 28.7 Å². The van der Waals surface area contributed by atoms with Gasteiger partial charge < -0.3 is 25.4 Å². The predicted octanol–water partition coefficient (Wildman–Crippen LogP) is -1.30. The van der Waals surface area contributed by atoms with Gasteiger partial charge in [-0.1, -0.05) is 0 Å². The number of ether oxygens (including phenoxy) is 2. The van der Waals surface area contributed by atoms with E-state index in [1.165, 1.54) is 0 Å². The molecule has 0 amide bonds. The fourth-order valence-electron chi connectivity index (χ4n) is 0.768. The maximum Gasteiger partial charge on any atom is 0.321 e. The molecule has 0 aliphatic carbocycles. The summed E-state index contributed by atoms with van der Waals surface area (Å²) in [6.45, 7) is -0.705. The number of carbonyl (C=O) groups is 4. The zero-order valence-corrected chi connectivity index (χ0v) is 9.33. The van der Waals surface area contributed by atoms with Crippen LogP contribution in [0.4, 0.5) is 0 Å². The molecular weight excluding hydrogens is 250 g/mol. The fourth-order valence-corrected chi connectivity index (χ4v) is 0.768. The van der Waals surface area contributed by atoms with E-state index in [1.807, 2.05) is 0 Å². The lowest BCUT2D eigenvalue weighted by atomic mass is 10.2. The van der Waals surface area contributed by atoms with Crippen LogP contribution in [0, 0.1) is 0 Å². The summed E-state index contributed by atoms with van der Waals surface area (Å²) in [6.07, 6.45) is -1.29. The molecule has 0 saturated heterocycles. The van der Waals surface area contributed by atoms with Crippen LogP contribution >= 0.6 is 0 Å². The van der Waals surface area contributed by atoms with Crippen LogP contribution in [-0.4, -0.2) is 46.9 Å². The molecule has 0 radical (unpaired) electrons. The lowest BCUT2D eigenvalue weighted by molar-refractivity contribution is -0.169. The second kappa shape index (κ2) is 8.01. The number of rotatable bonds is 8. The van der Waals surface area contributed by atoms with E-state index in [1.54, 1.807) is 0 Å². The predicted molar refractivity (Wildman–Crippen MR) is 54.1 cm³/mol. The summed E-state index contributed by atoms with van der Waals surface area (Å²) in [5.41, 5.74) is 5.06. The van der Waals surface area contributed by atoms with E-state index in [-0.39, 0.29) is 6.42 Å². The molecule has 1 unspecified atom stereocenters. The molecule has 4 N–H and O–H groups in total. The van der Waals surface area contributed by atoms with Crippen molar-refractivity contribution < 1.29 is 38.9 Å². The van der Waals surface area contributed by atoms with Crippen molar-refractivity contribution in [3.8, 4) is 0 Å². The third-order valence-electron chi connectivity index (χ3n) is 1.69. The third-order valence-corrected chi connectivity index (χ3v) is 1.69. The average Bonchev–Trinajstić information content (AvgIpc) is 2.26. The first kappa shape index (κ1) is 15.8. The molecule has 0 rings (SSSR count). The molecule has 0 aromatic rings. The van der Waals surface area contributed by atoms with Gasteiger partial charge in [-0.05, 0) is 0 Å². The Morgan fingerprint density at radius 2 is 1.56 bits per heavy atom. The smallest absolute Gasteiger partial charge is 0.321 e. The SMILES string of the molecule is NC(CC(=O)OCOC(=O)CCC(=O)O)C(=O)O. The van der Waals surface area contributed by atoms with Gasteiger partial charge in [-0.15, -0.1) is 0 Å². The lowest BCUT2D eigenvalue weighted by Crippen LogP contribution is -2.33. The minimum Gasteiger partial charge on any atom is -0.481 e. The number of nitrogens with two attached hydrogens (primary N) is 1. The highest BCUT2D eigenvalue weighted by Gasteiger charge is 2.17. The van der Waals surface area contributed by atoms with Crippen molar-refractivity contribution in [2.24, 2.45) is 5.73 Å². The van der Waals surface area contributed by atoms with Gasteiger partial charge in [-0.25, -0.2) is 0 Å². The van der Waals surface area contributed by atoms with Crippen LogP contribution in [0.1, 0.15) is 19.3 Å². The van der Waals surface area contributed by atoms with Crippen molar-refractivity contribution in [3.05, 3.63) is 0 Å². The summed E-state index contributed by atoms with van der Waals surface area (Å²) < 4.78 is 8.74. The molecule has 0 bridgehead atoms. The van der Waals surface area contributed by atoms with E-state index >= 15 is 0 Å². The summed E-state index contributed by atoms with van der Waals surface area (Å²) in [5.74, 6) is -4.29. The van der Waals surface area contributed by atoms with Gasteiger partial charge in [-0.3, -0.25) is 19.2 Å². The largest absolute Gasteiger partial charge is 0.481 e. The normalized spacial score (nSPS) is 11.4. The quantitative estimate of drug-likeness (QED) is 0.358. The molecule has 1 atom stereocenters. The first-order valence-electron chi connectivity index (χ1n) is 4.84. The maximum atomic E-state index is 11.0. The van der Waals surface area contributed by atoms with Gasteiger partial charge in [0, 0.05) is 0 Å². The summed E-state index contributed by atoms with van der Waals surface area (Å²) >= 11 is 0. The number of hydrogen-bond donors (Lipinski definition) is 3. The van der Waals surface area contributed by atoms with E-state index in [9.17, 15) is 19.2 Å². The molecule has 0 fully saturated rings. The van der Waals surface area contributed by atoms with Gasteiger partial charge in [-0.2, -0.15) is 0 Å². The summed E-state index contributed by atoms with van der Waals surface area (Å²) in [5, 5.41) is 16.7. The van der Waals surface area contributed by atoms with Crippen LogP contribution in [0.25, 0.3) is 0 Å². The number of hydrogen-bond acceptors (Lipinski definition) is 7. The van der Waals surface area contributed by atoms with E-state index in [2.05, 4.69) is 9.47 Å². The molecule has 0 aliphatic rings. The number of esters is 2. The summed E-state index contributed by atoms with van der Waals surface area (Å²) in [6, 6.07) is -1.39. The van der Waals surface area contributed by atoms with Crippen LogP contribution in [0.3, 0.4) is 0 Å². The summed E-state index contributed by atoms with van der Waals surface area (Å²) in [7, 11) is 0. The van der Waals surface area contributed by atoms with Gasteiger partial charge in [0.15, 0.2) is 0 Å². The van der Waals surface area contributed by atoms with Crippen molar-refractivity contribution in [2.45, 2.75) is 25.3 Å². The summed E-state index contributed by atoms with van der Waals surface area (Å²) in [4.78, 5) is 42.2. The minimum absolute atomic E-state index is 0.346. The fraction of sp³-hybridized carbons (Fsp3) is 0.556. The lowest BCUT2D eigenvalue weighted by Gasteiger charge is -2.07. The molecule has 102 valence electrons. The monoisotopic (exact) mass is 263 g/mol. The molecule has 9 heteroatoms. The van der Waals surface area contributed by atoms with Gasteiger partial charge in [0.1, 0.15) is 6.04 Å². The van der Waals surface area contributed by atoms with Crippen molar-refractivity contribution in [1.29, 1.82) is 0 Å². The highest BCUT2D eigenvalue weighted by molar-refractivity contribution is 5.81. The second-order valence-corrected chi connectivity index (χ2v) is 3.19. The Bertz CT molecular complexity index is 339. The maximum absolute atomic E-state index is 11.0. The van der Waals surface area contributed by atoms with Crippen molar-refractivity contribution in [1.82, 2.24) is 0 Å². The second-order valence-electron chi connectivity index (χ2n) is 3.19. The van der Waals surface area contributed by atoms with Gasteiger partial charge in [0.2, 0.25) is 6.79 Å². The zero-order chi connectivity index (χ0) is 14.1. The standard InChI is InChI=1S/C9H13NO8/c10-5(9(15)16)3-8(14)18-4-17-7(13)2-1-6(11)12/h5H,1-4,10H2,(H,11,12)(H,15,16). The number of carboxylic acid groups (broad SMARTS) is 2. The molecule has 0 saturated carbocycles. The minimum atomic E-state index is -1.39. The molecule has 0 aromatic carbocycles. The number of carbonyl (C=O) groups excluding carboxylic acids is 2. The van der Waals surface area contributed by atoms with Crippen LogP contribution in [0.5, 0.6) is 0 Å². The van der Waals surface area contributed by atoms with Gasteiger partial charge >= 0.3 is 23.9 Å². The van der Waals surface area contributed by atoms with Crippen molar-refractivity contribution in [3.63, 3.8) is 0 Å². The molecule has 0 aliphatic heterocycles. The highest BCUT2D eigenvalue weighted by Crippen LogP contribution is 1.96. The average molecular weight is 263 g/mol. The highest BCUT2D eigenvalue weighted by atomic mass is 16.7. The zero-order valence-electron chi connectivity index (χ0n) is 9.33. The van der Waals surface area contributed by atoms with E-state index < -0.39 is 49.6 Å². The molecule has 18 heavy (non-hydrogen) atoms. The molecule has 0 heterocycles. The molecular formula is C9H13NO8. The Hall–Kier alpha value is -2.16. The van der Waals surface area contributed by atoms with Crippen molar-refractivity contribution >= 4 is 23.9 Å². The third kappa shape index (κ3) is 8.05. The Balaban J connectivity index is 3.71. The van der Waals surface area contributed by atoms with Crippen molar-refractivity contribution in [2.75, 3.05) is 6.79 Å². The first-order valence-corrected chi connectivity index (χ1v) is 4.84. The van der Waals surface area contributed by atoms with E-state index in [0.29, 0.717) is 0 Å². The molecule has 9 nitrogen and oxygen atoms in total. The van der Waals surface area contributed by atoms with Gasteiger partial charge in [0.25, 0.3) is 0 Å². The Labute approximate surface area is 101 Å². The number of carboxylic acids is 2. The Morgan fingerprint density at radius 3 is 2.06 bits per heavy atom. The van der Waals surface area contributed by atoms with Crippen LogP contribution < -0.4 is 5.73 Å². The van der Waals surface area contributed by atoms with E-state index in [4.69, 9.17) is 15.9 Å². The van der Waals surface area contributed by atoms with E-state index in [0.717, 1.165) is 0 Å².